The van der Waals surface area contributed by atoms with Gasteiger partial charge in [0.2, 0.25) is 10.0 Å². The Morgan fingerprint density at radius 3 is 2.32 bits per heavy atom. The summed E-state index contributed by atoms with van der Waals surface area (Å²) in [7, 11) is -3.65. The number of rotatable bonds is 8. The number of hydrogen-bond donors (Lipinski definition) is 1. The molecule has 1 aromatic carbocycles. The van der Waals surface area contributed by atoms with Crippen LogP contribution in [0.4, 0.5) is 4.39 Å². The quantitative estimate of drug-likeness (QED) is 0.745. The summed E-state index contributed by atoms with van der Waals surface area (Å²) in [5.41, 5.74) is 0. The van der Waals surface area contributed by atoms with Gasteiger partial charge in [0.15, 0.2) is 0 Å². The summed E-state index contributed by atoms with van der Waals surface area (Å²) in [6.07, 6.45) is 2.67. The van der Waals surface area contributed by atoms with E-state index in [4.69, 9.17) is 5.11 Å². The van der Waals surface area contributed by atoms with E-state index in [1.807, 2.05) is 6.92 Å². The maximum absolute atomic E-state index is 12.8. The molecule has 0 atom stereocenters. The largest absolute Gasteiger partial charge is 0.395 e. The van der Waals surface area contributed by atoms with Crippen molar-refractivity contribution < 1.29 is 17.9 Å². The second kappa shape index (κ2) is 7.57. The molecule has 0 aliphatic rings. The van der Waals surface area contributed by atoms with Crippen LogP contribution in [0, 0.1) is 5.82 Å². The third-order valence-electron chi connectivity index (χ3n) is 2.81. The lowest BCUT2D eigenvalue weighted by Gasteiger charge is -2.21. The molecule has 0 saturated carbocycles. The number of aliphatic hydroxyl groups is 1. The molecule has 0 unspecified atom stereocenters. The second-order valence-corrected chi connectivity index (χ2v) is 6.23. The van der Waals surface area contributed by atoms with Gasteiger partial charge < -0.3 is 5.11 Å². The molecule has 0 bridgehead atoms. The van der Waals surface area contributed by atoms with Gasteiger partial charge in [-0.2, -0.15) is 4.31 Å². The van der Waals surface area contributed by atoms with Crippen molar-refractivity contribution >= 4 is 10.0 Å². The molecule has 1 aromatic rings. The summed E-state index contributed by atoms with van der Waals surface area (Å²) in [4.78, 5) is 0.0545. The number of benzene rings is 1. The van der Waals surface area contributed by atoms with Crippen LogP contribution >= 0.6 is 0 Å². The predicted octanol–water partition coefficient (Wildman–Crippen LogP) is 2.00. The van der Waals surface area contributed by atoms with Crippen LogP contribution in [0.2, 0.25) is 0 Å². The average Bonchev–Trinajstić information content (AvgIpc) is 2.38. The number of halogens is 1. The van der Waals surface area contributed by atoms with E-state index in [-0.39, 0.29) is 18.0 Å². The highest BCUT2D eigenvalue weighted by atomic mass is 32.2. The minimum Gasteiger partial charge on any atom is -0.395 e. The van der Waals surface area contributed by atoms with Crippen LogP contribution in [0.25, 0.3) is 0 Å². The monoisotopic (exact) mass is 289 g/mol. The van der Waals surface area contributed by atoms with Gasteiger partial charge in [-0.15, -0.1) is 0 Å². The fourth-order valence-electron chi connectivity index (χ4n) is 1.76. The summed E-state index contributed by atoms with van der Waals surface area (Å²) >= 11 is 0. The van der Waals surface area contributed by atoms with Crippen LogP contribution in [0.3, 0.4) is 0 Å². The van der Waals surface area contributed by atoms with Crippen LogP contribution in [0.5, 0.6) is 0 Å². The number of nitrogens with zero attached hydrogens (tertiary/aromatic N) is 1. The Morgan fingerprint density at radius 2 is 1.79 bits per heavy atom. The van der Waals surface area contributed by atoms with E-state index < -0.39 is 15.8 Å². The minimum atomic E-state index is -3.65. The first kappa shape index (κ1) is 16.1. The van der Waals surface area contributed by atoms with Gasteiger partial charge in [-0.1, -0.05) is 19.8 Å². The third-order valence-corrected chi connectivity index (χ3v) is 4.72. The van der Waals surface area contributed by atoms with E-state index in [2.05, 4.69) is 0 Å². The van der Waals surface area contributed by atoms with E-state index in [0.717, 1.165) is 31.4 Å². The lowest BCUT2D eigenvalue weighted by atomic mass is 10.2. The van der Waals surface area contributed by atoms with Crippen LogP contribution in [0.1, 0.15) is 26.2 Å². The molecule has 0 radical (unpaired) electrons. The average molecular weight is 289 g/mol. The number of unbranched alkanes of at least 4 members (excludes halogenated alkanes) is 2. The van der Waals surface area contributed by atoms with Crippen molar-refractivity contribution in [1.29, 1.82) is 0 Å². The Bertz CT molecular complexity index is 473. The van der Waals surface area contributed by atoms with Crippen molar-refractivity contribution in [2.45, 2.75) is 31.1 Å². The first-order valence-electron chi connectivity index (χ1n) is 6.39. The summed E-state index contributed by atoms with van der Waals surface area (Å²) in [6, 6.07) is 4.73. The molecule has 0 aromatic heterocycles. The zero-order chi connectivity index (χ0) is 14.3. The molecule has 108 valence electrons. The van der Waals surface area contributed by atoms with Crippen molar-refractivity contribution in [3.8, 4) is 0 Å². The molecule has 0 heterocycles. The second-order valence-electron chi connectivity index (χ2n) is 4.29. The number of hydrogen-bond acceptors (Lipinski definition) is 3. The summed E-state index contributed by atoms with van der Waals surface area (Å²) < 4.78 is 38.7. The van der Waals surface area contributed by atoms with E-state index in [1.54, 1.807) is 0 Å². The lowest BCUT2D eigenvalue weighted by molar-refractivity contribution is 0.252. The van der Waals surface area contributed by atoms with Crippen molar-refractivity contribution in [1.82, 2.24) is 4.31 Å². The normalized spacial score (nSPS) is 12.0. The summed E-state index contributed by atoms with van der Waals surface area (Å²) in [5.74, 6) is -0.473. The van der Waals surface area contributed by atoms with Gasteiger partial charge in [-0.3, -0.25) is 0 Å². The first-order chi connectivity index (χ1) is 9.02. The Balaban J connectivity index is 2.88. The Morgan fingerprint density at radius 1 is 1.16 bits per heavy atom. The number of sulfonamides is 1. The SMILES string of the molecule is CCCCCN(CCO)S(=O)(=O)c1ccc(F)cc1. The fraction of sp³-hybridized carbons (Fsp3) is 0.538. The molecule has 0 aliphatic carbocycles. The Kier molecular flexibility index (Phi) is 6.41. The van der Waals surface area contributed by atoms with Crippen molar-refractivity contribution in [3.63, 3.8) is 0 Å². The van der Waals surface area contributed by atoms with Gasteiger partial charge in [0.1, 0.15) is 5.82 Å². The summed E-state index contributed by atoms with van der Waals surface area (Å²) in [6.45, 7) is 2.23. The predicted molar refractivity (Wildman–Crippen MR) is 71.8 cm³/mol. The molecule has 0 aliphatic heterocycles. The Labute approximate surface area is 113 Å². The minimum absolute atomic E-state index is 0.0545. The van der Waals surface area contributed by atoms with Gasteiger partial charge in [0.25, 0.3) is 0 Å². The topological polar surface area (TPSA) is 57.6 Å². The molecule has 0 fully saturated rings. The highest BCUT2D eigenvalue weighted by molar-refractivity contribution is 7.89. The van der Waals surface area contributed by atoms with Gasteiger partial charge in [-0.05, 0) is 30.7 Å². The van der Waals surface area contributed by atoms with Crippen LogP contribution in [0.15, 0.2) is 29.2 Å². The lowest BCUT2D eigenvalue weighted by Crippen LogP contribution is -2.34. The Hall–Kier alpha value is -0.980. The highest BCUT2D eigenvalue weighted by Crippen LogP contribution is 2.16. The molecule has 1 N–H and O–H groups in total. The molecular weight excluding hydrogens is 269 g/mol. The van der Waals surface area contributed by atoms with Gasteiger partial charge in [0.05, 0.1) is 11.5 Å². The molecule has 0 spiro atoms. The maximum atomic E-state index is 12.8. The fourth-order valence-corrected chi connectivity index (χ4v) is 3.23. The molecule has 0 saturated heterocycles. The smallest absolute Gasteiger partial charge is 0.243 e. The van der Waals surface area contributed by atoms with Crippen molar-refractivity contribution in [2.24, 2.45) is 0 Å². The van der Waals surface area contributed by atoms with Gasteiger partial charge in [-0.25, -0.2) is 12.8 Å². The van der Waals surface area contributed by atoms with E-state index in [0.29, 0.717) is 6.54 Å². The molecule has 4 nitrogen and oxygen atoms in total. The van der Waals surface area contributed by atoms with Crippen molar-refractivity contribution in [2.75, 3.05) is 19.7 Å². The highest BCUT2D eigenvalue weighted by Gasteiger charge is 2.23. The molecular formula is C13H20FNO3S. The molecule has 6 heteroatoms. The first-order valence-corrected chi connectivity index (χ1v) is 7.83. The zero-order valence-electron chi connectivity index (χ0n) is 11.0. The van der Waals surface area contributed by atoms with Gasteiger partial charge >= 0.3 is 0 Å². The van der Waals surface area contributed by atoms with E-state index in [1.165, 1.54) is 16.4 Å². The van der Waals surface area contributed by atoms with Gasteiger partial charge in [0, 0.05) is 13.1 Å². The zero-order valence-corrected chi connectivity index (χ0v) is 11.9. The molecule has 1 rings (SSSR count). The van der Waals surface area contributed by atoms with Crippen molar-refractivity contribution in [3.05, 3.63) is 30.1 Å². The van der Waals surface area contributed by atoms with E-state index in [9.17, 15) is 12.8 Å². The third kappa shape index (κ3) is 4.56. The van der Waals surface area contributed by atoms with Crippen LogP contribution < -0.4 is 0 Å². The number of aliphatic hydroxyl groups excluding tert-OH is 1. The van der Waals surface area contributed by atoms with E-state index >= 15 is 0 Å². The van der Waals surface area contributed by atoms with Crippen LogP contribution in [-0.2, 0) is 10.0 Å². The maximum Gasteiger partial charge on any atom is 0.243 e. The van der Waals surface area contributed by atoms with Crippen LogP contribution in [-0.4, -0.2) is 37.5 Å². The summed E-state index contributed by atoms with van der Waals surface area (Å²) in [5, 5.41) is 8.98. The molecule has 19 heavy (non-hydrogen) atoms. The standard InChI is InChI=1S/C13H20FNO3S/c1-2-3-4-9-15(10-11-16)19(17,18)13-7-5-12(14)6-8-13/h5-8,16H,2-4,9-11H2,1H3. The molecule has 0 amide bonds.